The molecule has 2 rings (SSSR count). The quantitative estimate of drug-likeness (QED) is 0.873. The molecule has 1 aromatic carbocycles. The minimum Gasteiger partial charge on any atom is -0.372 e. The van der Waals surface area contributed by atoms with E-state index in [-0.39, 0.29) is 0 Å². The number of hydrogen-bond acceptors (Lipinski definition) is 2. The fourth-order valence-corrected chi connectivity index (χ4v) is 2.79. The average molecular weight is 246 g/mol. The number of rotatable bonds is 4. The molecular formula is C16H26N2. The van der Waals surface area contributed by atoms with E-state index in [2.05, 4.69) is 48.3 Å². The summed E-state index contributed by atoms with van der Waals surface area (Å²) < 4.78 is 0. The molecule has 1 N–H and O–H groups in total. The van der Waals surface area contributed by atoms with Gasteiger partial charge in [0.1, 0.15) is 0 Å². The van der Waals surface area contributed by atoms with Gasteiger partial charge in [-0.15, -0.1) is 0 Å². The number of nitrogens with zero attached hydrogens (tertiary/aromatic N) is 1. The van der Waals surface area contributed by atoms with Gasteiger partial charge >= 0.3 is 0 Å². The van der Waals surface area contributed by atoms with Crippen molar-refractivity contribution >= 4 is 5.69 Å². The third-order valence-corrected chi connectivity index (χ3v) is 4.20. The second-order valence-corrected chi connectivity index (χ2v) is 5.51. The molecule has 2 nitrogen and oxygen atoms in total. The van der Waals surface area contributed by atoms with Gasteiger partial charge in [-0.1, -0.05) is 26.0 Å². The van der Waals surface area contributed by atoms with Crippen molar-refractivity contribution in [3.8, 4) is 0 Å². The average Bonchev–Trinajstić information content (AvgIpc) is 2.42. The van der Waals surface area contributed by atoms with Crippen molar-refractivity contribution in [1.29, 1.82) is 0 Å². The molecule has 1 aliphatic rings. The zero-order chi connectivity index (χ0) is 13.0. The van der Waals surface area contributed by atoms with E-state index in [1.807, 2.05) is 7.05 Å². The van der Waals surface area contributed by atoms with Crippen molar-refractivity contribution in [2.45, 2.75) is 39.2 Å². The van der Waals surface area contributed by atoms with Crippen LogP contribution in [0.1, 0.15) is 44.7 Å². The summed E-state index contributed by atoms with van der Waals surface area (Å²) in [6.45, 7) is 7.01. The molecule has 1 unspecified atom stereocenters. The Morgan fingerprint density at radius 2 is 1.83 bits per heavy atom. The van der Waals surface area contributed by atoms with Gasteiger partial charge in [0, 0.05) is 24.8 Å². The molecule has 0 amide bonds. The SMILES string of the molecule is CCC(NC)c1ccc(N2CCC(C)CC2)cc1. The van der Waals surface area contributed by atoms with Crippen molar-refractivity contribution in [3.63, 3.8) is 0 Å². The van der Waals surface area contributed by atoms with Crippen LogP contribution in [0.3, 0.4) is 0 Å². The summed E-state index contributed by atoms with van der Waals surface area (Å²) in [5, 5.41) is 3.36. The lowest BCUT2D eigenvalue weighted by molar-refractivity contribution is 0.438. The van der Waals surface area contributed by atoms with Gasteiger partial charge in [-0.2, -0.15) is 0 Å². The Kier molecular flexibility index (Phi) is 4.65. The Labute approximate surface area is 111 Å². The molecule has 0 aliphatic carbocycles. The topological polar surface area (TPSA) is 15.3 Å². The smallest absolute Gasteiger partial charge is 0.0366 e. The van der Waals surface area contributed by atoms with E-state index in [0.717, 1.165) is 12.3 Å². The summed E-state index contributed by atoms with van der Waals surface area (Å²) in [6, 6.07) is 9.60. The fraction of sp³-hybridized carbons (Fsp3) is 0.625. The van der Waals surface area contributed by atoms with Gasteiger partial charge < -0.3 is 10.2 Å². The van der Waals surface area contributed by atoms with E-state index in [1.54, 1.807) is 0 Å². The molecule has 1 heterocycles. The van der Waals surface area contributed by atoms with Crippen LogP contribution in [0, 0.1) is 5.92 Å². The van der Waals surface area contributed by atoms with Crippen LogP contribution in [0.25, 0.3) is 0 Å². The zero-order valence-corrected chi connectivity index (χ0v) is 11.9. The normalized spacial score (nSPS) is 18.9. The van der Waals surface area contributed by atoms with Crippen molar-refractivity contribution < 1.29 is 0 Å². The highest BCUT2D eigenvalue weighted by molar-refractivity contribution is 5.48. The monoisotopic (exact) mass is 246 g/mol. The highest BCUT2D eigenvalue weighted by Crippen LogP contribution is 2.25. The molecule has 0 spiro atoms. The fourth-order valence-electron chi connectivity index (χ4n) is 2.79. The van der Waals surface area contributed by atoms with Gasteiger partial charge in [0.15, 0.2) is 0 Å². The minimum atomic E-state index is 0.487. The van der Waals surface area contributed by atoms with E-state index in [1.165, 1.54) is 37.2 Å². The van der Waals surface area contributed by atoms with Gasteiger partial charge in [0.05, 0.1) is 0 Å². The lowest BCUT2D eigenvalue weighted by atomic mass is 9.98. The summed E-state index contributed by atoms with van der Waals surface area (Å²) in [4.78, 5) is 2.52. The standard InChI is InChI=1S/C16H26N2/c1-4-16(17-3)14-5-7-15(8-6-14)18-11-9-13(2)10-12-18/h5-8,13,16-17H,4,9-12H2,1-3H3. The highest BCUT2D eigenvalue weighted by atomic mass is 15.1. The van der Waals surface area contributed by atoms with E-state index in [0.29, 0.717) is 6.04 Å². The lowest BCUT2D eigenvalue weighted by Gasteiger charge is -2.32. The molecule has 1 fully saturated rings. The molecule has 0 saturated carbocycles. The maximum atomic E-state index is 3.36. The van der Waals surface area contributed by atoms with E-state index in [4.69, 9.17) is 0 Å². The van der Waals surface area contributed by atoms with Gasteiger partial charge in [-0.25, -0.2) is 0 Å². The molecular weight excluding hydrogens is 220 g/mol. The molecule has 100 valence electrons. The van der Waals surface area contributed by atoms with Crippen LogP contribution in [0.15, 0.2) is 24.3 Å². The third kappa shape index (κ3) is 3.05. The van der Waals surface area contributed by atoms with E-state index >= 15 is 0 Å². The molecule has 2 heteroatoms. The van der Waals surface area contributed by atoms with Crippen molar-refractivity contribution in [1.82, 2.24) is 5.32 Å². The highest BCUT2D eigenvalue weighted by Gasteiger charge is 2.16. The van der Waals surface area contributed by atoms with Crippen LogP contribution in [-0.2, 0) is 0 Å². The number of hydrogen-bond donors (Lipinski definition) is 1. The summed E-state index contributed by atoms with van der Waals surface area (Å²) in [7, 11) is 2.04. The summed E-state index contributed by atoms with van der Waals surface area (Å²) in [6.07, 6.45) is 3.79. The van der Waals surface area contributed by atoms with Gasteiger partial charge in [-0.05, 0) is 49.9 Å². The van der Waals surface area contributed by atoms with E-state index in [9.17, 15) is 0 Å². The first-order valence-electron chi connectivity index (χ1n) is 7.26. The van der Waals surface area contributed by atoms with Crippen LogP contribution in [0.2, 0.25) is 0 Å². The summed E-state index contributed by atoms with van der Waals surface area (Å²) in [5.74, 6) is 0.897. The molecule has 0 aromatic heterocycles. The first-order chi connectivity index (χ1) is 8.74. The summed E-state index contributed by atoms with van der Waals surface area (Å²) in [5.41, 5.74) is 2.78. The Bertz CT molecular complexity index is 346. The molecule has 0 radical (unpaired) electrons. The Balaban J connectivity index is 2.03. The number of benzene rings is 1. The Morgan fingerprint density at radius 3 is 2.33 bits per heavy atom. The second-order valence-electron chi connectivity index (χ2n) is 5.51. The van der Waals surface area contributed by atoms with Gasteiger partial charge in [0.2, 0.25) is 0 Å². The maximum absolute atomic E-state index is 3.36. The van der Waals surface area contributed by atoms with Crippen LogP contribution in [0.5, 0.6) is 0 Å². The largest absolute Gasteiger partial charge is 0.372 e. The van der Waals surface area contributed by atoms with Gasteiger partial charge in [0.25, 0.3) is 0 Å². The Morgan fingerprint density at radius 1 is 1.22 bits per heavy atom. The second kappa shape index (κ2) is 6.24. The maximum Gasteiger partial charge on any atom is 0.0366 e. The number of anilines is 1. The van der Waals surface area contributed by atoms with Crippen molar-refractivity contribution in [2.75, 3.05) is 25.0 Å². The zero-order valence-electron chi connectivity index (χ0n) is 11.9. The lowest BCUT2D eigenvalue weighted by Crippen LogP contribution is -2.32. The first-order valence-corrected chi connectivity index (χ1v) is 7.26. The van der Waals surface area contributed by atoms with Crippen LogP contribution >= 0.6 is 0 Å². The van der Waals surface area contributed by atoms with E-state index < -0.39 is 0 Å². The number of nitrogens with one attached hydrogen (secondary N) is 1. The van der Waals surface area contributed by atoms with Gasteiger partial charge in [-0.3, -0.25) is 0 Å². The van der Waals surface area contributed by atoms with Crippen LogP contribution < -0.4 is 10.2 Å². The molecule has 18 heavy (non-hydrogen) atoms. The summed E-state index contributed by atoms with van der Waals surface area (Å²) >= 11 is 0. The van der Waals surface area contributed by atoms with Crippen molar-refractivity contribution in [3.05, 3.63) is 29.8 Å². The predicted octanol–water partition coefficient (Wildman–Crippen LogP) is 3.59. The number of piperidine rings is 1. The van der Waals surface area contributed by atoms with Crippen molar-refractivity contribution in [2.24, 2.45) is 5.92 Å². The molecule has 1 saturated heterocycles. The molecule has 1 aliphatic heterocycles. The van der Waals surface area contributed by atoms with Crippen LogP contribution in [-0.4, -0.2) is 20.1 Å². The van der Waals surface area contributed by atoms with Crippen LogP contribution in [0.4, 0.5) is 5.69 Å². The predicted molar refractivity (Wildman–Crippen MR) is 79.1 cm³/mol. The third-order valence-electron chi connectivity index (χ3n) is 4.20. The Hall–Kier alpha value is -1.02. The molecule has 0 bridgehead atoms. The molecule has 1 atom stereocenters. The minimum absolute atomic E-state index is 0.487. The first kappa shape index (κ1) is 13.4. The molecule has 1 aromatic rings.